The van der Waals surface area contributed by atoms with E-state index in [4.69, 9.17) is 9.47 Å². The molecule has 0 spiro atoms. The van der Waals surface area contributed by atoms with Gasteiger partial charge in [-0.15, -0.1) is 0 Å². The molecular formula is C23H30N2O3. The lowest BCUT2D eigenvalue weighted by atomic mass is 10.0. The van der Waals surface area contributed by atoms with Crippen LogP contribution in [-0.2, 0) is 4.79 Å². The molecule has 2 aromatic carbocycles. The second kappa shape index (κ2) is 10.7. The molecule has 0 aromatic heterocycles. The molecule has 0 radical (unpaired) electrons. The minimum atomic E-state index is -0.0587. The van der Waals surface area contributed by atoms with Crippen LogP contribution in [0.1, 0.15) is 32.6 Å². The predicted molar refractivity (Wildman–Crippen MR) is 111 cm³/mol. The number of rotatable bonds is 9. The summed E-state index contributed by atoms with van der Waals surface area (Å²) in [6.07, 6.45) is 4.51. The van der Waals surface area contributed by atoms with Crippen molar-refractivity contribution in [3.05, 3.63) is 54.6 Å². The van der Waals surface area contributed by atoms with E-state index >= 15 is 0 Å². The summed E-state index contributed by atoms with van der Waals surface area (Å²) in [6.45, 7) is 5.55. The number of likely N-dealkylation sites (tertiary alicyclic amines) is 1. The summed E-state index contributed by atoms with van der Waals surface area (Å²) in [4.78, 5) is 14.7. The van der Waals surface area contributed by atoms with Gasteiger partial charge in [0.25, 0.3) is 5.91 Å². The van der Waals surface area contributed by atoms with Crippen molar-refractivity contribution in [2.24, 2.45) is 0 Å². The monoisotopic (exact) mass is 382 g/mol. The number of hydrogen-bond acceptors (Lipinski definition) is 4. The average molecular weight is 383 g/mol. The first-order valence-electron chi connectivity index (χ1n) is 10.2. The Kier molecular flexibility index (Phi) is 7.73. The van der Waals surface area contributed by atoms with Crippen LogP contribution in [0.2, 0.25) is 0 Å². The summed E-state index contributed by atoms with van der Waals surface area (Å²) in [6, 6.07) is 17.2. The number of carbonyl (C=O) groups excluding carboxylic acids is 1. The standard InChI is InChI=1S/C23H30N2O3/c1-2-3-15-25-16-13-19(14-17-25)24-23(26)18-27-20-9-11-22(12-10-20)28-21-7-5-4-6-8-21/h4-12,19H,2-3,13-18H2,1H3,(H,24,26). The highest BCUT2D eigenvalue weighted by molar-refractivity contribution is 5.77. The summed E-state index contributed by atoms with van der Waals surface area (Å²) < 4.78 is 11.4. The Hall–Kier alpha value is -2.53. The van der Waals surface area contributed by atoms with Gasteiger partial charge in [0.2, 0.25) is 0 Å². The molecule has 5 nitrogen and oxygen atoms in total. The Bertz CT molecular complexity index is 710. The Labute approximate surface area is 167 Å². The lowest BCUT2D eigenvalue weighted by Crippen LogP contribution is -2.46. The molecule has 0 aliphatic carbocycles. The largest absolute Gasteiger partial charge is 0.484 e. The predicted octanol–water partition coefficient (Wildman–Crippen LogP) is 4.24. The second-order valence-electron chi connectivity index (χ2n) is 7.21. The third kappa shape index (κ3) is 6.57. The number of ether oxygens (including phenoxy) is 2. The topological polar surface area (TPSA) is 50.8 Å². The average Bonchev–Trinajstić information content (AvgIpc) is 2.73. The molecule has 0 atom stereocenters. The normalized spacial score (nSPS) is 15.2. The zero-order valence-electron chi connectivity index (χ0n) is 16.6. The Morgan fingerprint density at radius 3 is 2.32 bits per heavy atom. The van der Waals surface area contributed by atoms with Gasteiger partial charge in [0, 0.05) is 19.1 Å². The van der Waals surface area contributed by atoms with Crippen LogP contribution < -0.4 is 14.8 Å². The Balaban J connectivity index is 1.36. The number of carbonyl (C=O) groups is 1. The summed E-state index contributed by atoms with van der Waals surface area (Å²) in [7, 11) is 0. The molecule has 0 unspecified atom stereocenters. The minimum Gasteiger partial charge on any atom is -0.484 e. The van der Waals surface area contributed by atoms with Crippen molar-refractivity contribution in [2.75, 3.05) is 26.2 Å². The zero-order valence-corrected chi connectivity index (χ0v) is 16.6. The van der Waals surface area contributed by atoms with Gasteiger partial charge < -0.3 is 19.7 Å². The van der Waals surface area contributed by atoms with Gasteiger partial charge in [-0.3, -0.25) is 4.79 Å². The van der Waals surface area contributed by atoms with Crippen molar-refractivity contribution >= 4 is 5.91 Å². The van der Waals surface area contributed by atoms with Crippen molar-refractivity contribution in [3.63, 3.8) is 0 Å². The lowest BCUT2D eigenvalue weighted by Gasteiger charge is -2.32. The van der Waals surface area contributed by atoms with Crippen LogP contribution in [-0.4, -0.2) is 43.1 Å². The van der Waals surface area contributed by atoms with Crippen LogP contribution in [0.3, 0.4) is 0 Å². The molecule has 1 heterocycles. The van der Waals surface area contributed by atoms with E-state index in [-0.39, 0.29) is 18.6 Å². The van der Waals surface area contributed by atoms with Gasteiger partial charge in [-0.05, 0) is 62.2 Å². The summed E-state index contributed by atoms with van der Waals surface area (Å²) in [5, 5.41) is 3.09. The molecule has 1 fully saturated rings. The van der Waals surface area contributed by atoms with Crippen LogP contribution in [0.5, 0.6) is 17.2 Å². The van der Waals surface area contributed by atoms with Crippen molar-refractivity contribution < 1.29 is 14.3 Å². The van der Waals surface area contributed by atoms with Crippen molar-refractivity contribution in [1.29, 1.82) is 0 Å². The van der Waals surface area contributed by atoms with Gasteiger partial charge >= 0.3 is 0 Å². The first-order chi connectivity index (χ1) is 13.7. The zero-order chi connectivity index (χ0) is 19.6. The molecule has 1 N–H and O–H groups in total. The molecule has 3 rings (SSSR count). The number of piperidine rings is 1. The fourth-order valence-electron chi connectivity index (χ4n) is 3.33. The fourth-order valence-corrected chi connectivity index (χ4v) is 3.33. The van der Waals surface area contributed by atoms with Crippen LogP contribution in [0, 0.1) is 0 Å². The smallest absolute Gasteiger partial charge is 0.258 e. The van der Waals surface area contributed by atoms with Gasteiger partial charge in [0.1, 0.15) is 17.2 Å². The van der Waals surface area contributed by atoms with Crippen LogP contribution in [0.25, 0.3) is 0 Å². The fraction of sp³-hybridized carbons (Fsp3) is 0.435. The molecule has 150 valence electrons. The number of benzene rings is 2. The van der Waals surface area contributed by atoms with Gasteiger partial charge in [0.15, 0.2) is 6.61 Å². The molecule has 0 saturated carbocycles. The number of nitrogens with one attached hydrogen (secondary N) is 1. The number of nitrogens with zero attached hydrogens (tertiary/aromatic N) is 1. The molecule has 28 heavy (non-hydrogen) atoms. The van der Waals surface area contributed by atoms with Gasteiger partial charge in [-0.1, -0.05) is 31.5 Å². The lowest BCUT2D eigenvalue weighted by molar-refractivity contribution is -0.124. The third-order valence-electron chi connectivity index (χ3n) is 4.95. The number of para-hydroxylation sites is 1. The molecule has 2 aromatic rings. The van der Waals surface area contributed by atoms with Crippen molar-refractivity contribution in [3.8, 4) is 17.2 Å². The van der Waals surface area contributed by atoms with Gasteiger partial charge in [0.05, 0.1) is 0 Å². The maximum absolute atomic E-state index is 12.2. The van der Waals surface area contributed by atoms with E-state index in [1.165, 1.54) is 19.4 Å². The third-order valence-corrected chi connectivity index (χ3v) is 4.95. The summed E-state index contributed by atoms with van der Waals surface area (Å²) >= 11 is 0. The van der Waals surface area contributed by atoms with Crippen LogP contribution in [0.4, 0.5) is 0 Å². The highest BCUT2D eigenvalue weighted by Crippen LogP contribution is 2.23. The van der Waals surface area contributed by atoms with Gasteiger partial charge in [-0.25, -0.2) is 0 Å². The number of hydrogen-bond donors (Lipinski definition) is 1. The highest BCUT2D eigenvalue weighted by Gasteiger charge is 2.20. The van der Waals surface area contributed by atoms with Crippen molar-refractivity contribution in [1.82, 2.24) is 10.2 Å². The van der Waals surface area contributed by atoms with Crippen LogP contribution >= 0.6 is 0 Å². The molecular weight excluding hydrogens is 352 g/mol. The van der Waals surface area contributed by atoms with Crippen LogP contribution in [0.15, 0.2) is 54.6 Å². The van der Waals surface area contributed by atoms with E-state index in [1.54, 1.807) is 0 Å². The van der Waals surface area contributed by atoms with E-state index in [0.717, 1.165) is 37.4 Å². The van der Waals surface area contributed by atoms with Crippen molar-refractivity contribution in [2.45, 2.75) is 38.6 Å². The van der Waals surface area contributed by atoms with E-state index in [0.29, 0.717) is 5.75 Å². The maximum Gasteiger partial charge on any atom is 0.258 e. The van der Waals surface area contributed by atoms with E-state index in [9.17, 15) is 4.79 Å². The molecule has 1 aliphatic rings. The van der Waals surface area contributed by atoms with E-state index in [2.05, 4.69) is 17.1 Å². The Morgan fingerprint density at radius 1 is 1.00 bits per heavy atom. The van der Waals surface area contributed by atoms with Gasteiger partial charge in [-0.2, -0.15) is 0 Å². The number of unbranched alkanes of at least 4 members (excludes halogenated alkanes) is 1. The first-order valence-corrected chi connectivity index (χ1v) is 10.2. The number of amides is 1. The first kappa shape index (κ1) is 20.2. The second-order valence-corrected chi connectivity index (χ2v) is 7.21. The van der Waals surface area contributed by atoms with E-state index < -0.39 is 0 Å². The summed E-state index contributed by atoms with van der Waals surface area (Å²) in [5.74, 6) is 2.12. The molecule has 5 heteroatoms. The molecule has 1 saturated heterocycles. The SMILES string of the molecule is CCCCN1CCC(NC(=O)COc2ccc(Oc3ccccc3)cc2)CC1. The Morgan fingerprint density at radius 2 is 1.64 bits per heavy atom. The molecule has 1 amide bonds. The highest BCUT2D eigenvalue weighted by atomic mass is 16.5. The maximum atomic E-state index is 12.2. The van der Waals surface area contributed by atoms with E-state index in [1.807, 2.05) is 54.6 Å². The summed E-state index contributed by atoms with van der Waals surface area (Å²) in [5.41, 5.74) is 0. The quantitative estimate of drug-likeness (QED) is 0.705. The molecule has 0 bridgehead atoms. The molecule has 1 aliphatic heterocycles. The minimum absolute atomic E-state index is 0.0366.